The van der Waals surface area contributed by atoms with Crippen molar-refractivity contribution in [2.75, 3.05) is 11.4 Å². The van der Waals surface area contributed by atoms with E-state index in [1.54, 1.807) is 17.9 Å². The summed E-state index contributed by atoms with van der Waals surface area (Å²) < 4.78 is 13.5. The van der Waals surface area contributed by atoms with Crippen LogP contribution in [0.5, 0.6) is 0 Å². The Morgan fingerprint density at radius 2 is 2.28 bits per heavy atom. The molecular formula is C13H15FN2O2. The predicted molar refractivity (Wildman–Crippen MR) is 65.8 cm³/mol. The molecule has 1 atom stereocenters. The van der Waals surface area contributed by atoms with Crippen LogP contribution in [0.4, 0.5) is 10.1 Å². The van der Waals surface area contributed by atoms with Crippen molar-refractivity contribution in [2.45, 2.75) is 26.3 Å². The first-order valence-electron chi connectivity index (χ1n) is 5.68. The molecule has 96 valence electrons. The second-order valence-electron chi connectivity index (χ2n) is 3.98. The van der Waals surface area contributed by atoms with Gasteiger partial charge in [0, 0.05) is 12.6 Å². The Hall–Kier alpha value is -2.09. The Morgan fingerprint density at radius 3 is 2.78 bits per heavy atom. The van der Waals surface area contributed by atoms with Crippen LogP contribution in [-0.2, 0) is 4.79 Å². The summed E-state index contributed by atoms with van der Waals surface area (Å²) in [5.41, 5.74) is 0.394. The molecule has 0 aliphatic rings. The molecule has 0 saturated heterocycles. The minimum absolute atomic E-state index is 0.0448. The highest BCUT2D eigenvalue weighted by Gasteiger charge is 2.20. The van der Waals surface area contributed by atoms with Gasteiger partial charge in [-0.3, -0.25) is 4.79 Å². The SMILES string of the molecule is CCN(c1cccc(F)c1C#N)C(C)CC(=O)O. The molecule has 0 aliphatic carbocycles. The number of carboxylic acids is 1. The summed E-state index contributed by atoms with van der Waals surface area (Å²) in [7, 11) is 0. The van der Waals surface area contributed by atoms with Crippen molar-refractivity contribution in [3.8, 4) is 6.07 Å². The lowest BCUT2D eigenvalue weighted by Gasteiger charge is -2.30. The molecule has 1 rings (SSSR count). The molecule has 0 heterocycles. The van der Waals surface area contributed by atoms with E-state index in [-0.39, 0.29) is 18.0 Å². The Labute approximate surface area is 105 Å². The van der Waals surface area contributed by atoms with Crippen LogP contribution < -0.4 is 4.90 Å². The van der Waals surface area contributed by atoms with Crippen molar-refractivity contribution in [1.82, 2.24) is 0 Å². The number of anilines is 1. The van der Waals surface area contributed by atoms with Crippen LogP contribution in [0.3, 0.4) is 0 Å². The molecule has 0 bridgehead atoms. The molecule has 1 unspecified atom stereocenters. The quantitative estimate of drug-likeness (QED) is 0.871. The van der Waals surface area contributed by atoms with Gasteiger partial charge in [-0.2, -0.15) is 5.26 Å². The lowest BCUT2D eigenvalue weighted by molar-refractivity contribution is -0.137. The Bertz CT molecular complexity index is 482. The maximum atomic E-state index is 13.5. The van der Waals surface area contributed by atoms with Gasteiger partial charge in [-0.15, -0.1) is 0 Å². The highest BCUT2D eigenvalue weighted by molar-refractivity contribution is 5.69. The summed E-state index contributed by atoms with van der Waals surface area (Å²) in [4.78, 5) is 12.4. The van der Waals surface area contributed by atoms with Gasteiger partial charge in [-0.05, 0) is 26.0 Å². The Kier molecular flexibility index (Phi) is 4.67. The number of carboxylic acid groups (broad SMARTS) is 1. The summed E-state index contributed by atoms with van der Waals surface area (Å²) in [5.74, 6) is -1.51. The van der Waals surface area contributed by atoms with Gasteiger partial charge in [0.05, 0.1) is 12.1 Å². The zero-order chi connectivity index (χ0) is 13.7. The van der Waals surface area contributed by atoms with E-state index in [0.29, 0.717) is 12.2 Å². The number of nitriles is 1. The maximum absolute atomic E-state index is 13.5. The second-order valence-corrected chi connectivity index (χ2v) is 3.98. The number of hydrogen-bond acceptors (Lipinski definition) is 3. The third-order valence-electron chi connectivity index (χ3n) is 2.76. The molecule has 4 nitrogen and oxygen atoms in total. The Morgan fingerprint density at radius 1 is 1.61 bits per heavy atom. The van der Waals surface area contributed by atoms with E-state index in [2.05, 4.69) is 0 Å². The van der Waals surface area contributed by atoms with Gasteiger partial charge in [0.2, 0.25) is 0 Å². The maximum Gasteiger partial charge on any atom is 0.305 e. The number of aliphatic carboxylic acids is 1. The summed E-state index contributed by atoms with van der Waals surface area (Å²) in [6.07, 6.45) is -0.0603. The third-order valence-corrected chi connectivity index (χ3v) is 2.76. The van der Waals surface area contributed by atoms with E-state index in [1.807, 2.05) is 13.0 Å². The van der Waals surface area contributed by atoms with E-state index in [9.17, 15) is 9.18 Å². The smallest absolute Gasteiger partial charge is 0.305 e. The average Bonchev–Trinajstić information content (AvgIpc) is 2.29. The number of rotatable bonds is 5. The number of nitrogens with zero attached hydrogens (tertiary/aromatic N) is 2. The highest BCUT2D eigenvalue weighted by Crippen LogP contribution is 2.25. The van der Waals surface area contributed by atoms with E-state index in [4.69, 9.17) is 10.4 Å². The van der Waals surface area contributed by atoms with Crippen molar-refractivity contribution < 1.29 is 14.3 Å². The van der Waals surface area contributed by atoms with Crippen LogP contribution in [0.15, 0.2) is 18.2 Å². The minimum Gasteiger partial charge on any atom is -0.481 e. The molecule has 5 heteroatoms. The highest BCUT2D eigenvalue weighted by atomic mass is 19.1. The van der Waals surface area contributed by atoms with Crippen LogP contribution in [0, 0.1) is 17.1 Å². The average molecular weight is 250 g/mol. The summed E-state index contributed by atoms with van der Waals surface area (Å²) in [5, 5.41) is 17.8. The second kappa shape index (κ2) is 6.01. The van der Waals surface area contributed by atoms with Gasteiger partial charge in [0.25, 0.3) is 0 Å². The fourth-order valence-electron chi connectivity index (χ4n) is 1.95. The van der Waals surface area contributed by atoms with Crippen molar-refractivity contribution in [1.29, 1.82) is 5.26 Å². The van der Waals surface area contributed by atoms with E-state index in [0.717, 1.165) is 0 Å². The van der Waals surface area contributed by atoms with Crippen LogP contribution in [-0.4, -0.2) is 23.7 Å². The molecule has 18 heavy (non-hydrogen) atoms. The van der Waals surface area contributed by atoms with Gasteiger partial charge in [-0.25, -0.2) is 4.39 Å². The van der Waals surface area contributed by atoms with Gasteiger partial charge in [-0.1, -0.05) is 6.07 Å². The van der Waals surface area contributed by atoms with Gasteiger partial charge >= 0.3 is 5.97 Å². The van der Waals surface area contributed by atoms with Gasteiger partial charge in [0.1, 0.15) is 17.4 Å². The fraction of sp³-hybridized carbons (Fsp3) is 0.385. The zero-order valence-electron chi connectivity index (χ0n) is 10.4. The molecule has 0 aromatic heterocycles. The normalized spacial score (nSPS) is 11.7. The van der Waals surface area contributed by atoms with Gasteiger partial charge < -0.3 is 10.0 Å². The molecule has 1 aromatic rings. The summed E-state index contributed by atoms with van der Waals surface area (Å²) >= 11 is 0. The lowest BCUT2D eigenvalue weighted by atomic mass is 10.1. The zero-order valence-corrected chi connectivity index (χ0v) is 10.4. The van der Waals surface area contributed by atoms with E-state index in [1.165, 1.54) is 12.1 Å². The molecule has 0 spiro atoms. The number of benzene rings is 1. The number of halogens is 1. The van der Waals surface area contributed by atoms with E-state index >= 15 is 0 Å². The Balaban J connectivity index is 3.13. The number of carbonyl (C=O) groups is 1. The monoisotopic (exact) mass is 250 g/mol. The largest absolute Gasteiger partial charge is 0.481 e. The fourth-order valence-corrected chi connectivity index (χ4v) is 1.95. The molecule has 0 aliphatic heterocycles. The summed E-state index contributed by atoms with van der Waals surface area (Å²) in [6.45, 7) is 4.08. The van der Waals surface area contributed by atoms with Gasteiger partial charge in [0.15, 0.2) is 0 Å². The third kappa shape index (κ3) is 2.98. The first-order chi connectivity index (χ1) is 8.51. The summed E-state index contributed by atoms with van der Waals surface area (Å²) in [6, 6.07) is 5.88. The molecule has 0 saturated carbocycles. The van der Waals surface area contributed by atoms with Crippen molar-refractivity contribution >= 4 is 11.7 Å². The van der Waals surface area contributed by atoms with Crippen molar-refractivity contribution in [3.63, 3.8) is 0 Å². The molecule has 1 aromatic carbocycles. The topological polar surface area (TPSA) is 64.3 Å². The van der Waals surface area contributed by atoms with Crippen molar-refractivity contribution in [2.24, 2.45) is 0 Å². The van der Waals surface area contributed by atoms with Crippen LogP contribution >= 0.6 is 0 Å². The van der Waals surface area contributed by atoms with Crippen LogP contribution in [0.1, 0.15) is 25.8 Å². The van der Waals surface area contributed by atoms with Crippen LogP contribution in [0.25, 0.3) is 0 Å². The first-order valence-corrected chi connectivity index (χ1v) is 5.68. The van der Waals surface area contributed by atoms with Crippen LogP contribution in [0.2, 0.25) is 0 Å². The van der Waals surface area contributed by atoms with Crippen molar-refractivity contribution in [3.05, 3.63) is 29.6 Å². The standard InChI is InChI=1S/C13H15FN2O2/c1-3-16(9(2)7-13(17)18)12-6-4-5-11(14)10(12)8-15/h4-6,9H,3,7H2,1-2H3,(H,17,18). The predicted octanol–water partition coefficient (Wildman–Crippen LogP) is 2.39. The minimum atomic E-state index is -0.920. The molecule has 0 radical (unpaired) electrons. The molecule has 1 N–H and O–H groups in total. The van der Waals surface area contributed by atoms with E-state index < -0.39 is 11.8 Å². The first kappa shape index (κ1) is 14.0. The number of hydrogen-bond donors (Lipinski definition) is 1. The molecule has 0 fully saturated rings. The molecule has 0 amide bonds. The lowest BCUT2D eigenvalue weighted by Crippen LogP contribution is -2.35. The molecular weight excluding hydrogens is 235 g/mol.